The molecule has 0 amide bonds. The highest BCUT2D eigenvalue weighted by molar-refractivity contribution is 7.98. The normalized spacial score (nSPS) is 10.8. The van der Waals surface area contributed by atoms with Crippen molar-refractivity contribution in [3.05, 3.63) is 41.7 Å². The zero-order valence-electron chi connectivity index (χ0n) is 12.5. The van der Waals surface area contributed by atoms with Crippen molar-refractivity contribution in [3.8, 4) is 11.4 Å². The highest BCUT2D eigenvalue weighted by Crippen LogP contribution is 2.21. The molecule has 0 saturated heterocycles. The minimum absolute atomic E-state index is 0.820. The number of thioether (sulfide) groups is 1. The number of aryl methyl sites for hydroxylation is 2. The van der Waals surface area contributed by atoms with Crippen LogP contribution in [0, 0.1) is 6.92 Å². The average molecular weight is 286 g/mol. The van der Waals surface area contributed by atoms with Crippen LogP contribution in [0.5, 0.6) is 0 Å². The van der Waals surface area contributed by atoms with Gasteiger partial charge in [-0.25, -0.2) is 9.97 Å². The van der Waals surface area contributed by atoms with Crippen LogP contribution in [-0.2, 0) is 6.42 Å². The second kappa shape index (κ2) is 7.44. The van der Waals surface area contributed by atoms with Crippen LogP contribution in [0.3, 0.4) is 0 Å². The second-order valence-electron chi connectivity index (χ2n) is 5.00. The molecule has 0 spiro atoms. The van der Waals surface area contributed by atoms with E-state index in [2.05, 4.69) is 47.4 Å². The Morgan fingerprint density at radius 3 is 2.45 bits per heavy atom. The summed E-state index contributed by atoms with van der Waals surface area (Å²) in [6.45, 7) is 4.27. The molecule has 0 radical (unpaired) electrons. The van der Waals surface area contributed by atoms with Crippen LogP contribution >= 0.6 is 11.8 Å². The van der Waals surface area contributed by atoms with Crippen LogP contribution in [-0.4, -0.2) is 16.2 Å². The molecule has 0 atom stereocenters. The molecular weight excluding hydrogens is 264 g/mol. The van der Waals surface area contributed by atoms with E-state index in [0.29, 0.717) is 0 Å². The highest BCUT2D eigenvalue weighted by atomic mass is 32.2. The van der Waals surface area contributed by atoms with Gasteiger partial charge in [-0.1, -0.05) is 44.0 Å². The molecule has 1 aromatic heterocycles. The number of rotatable bonds is 6. The minimum Gasteiger partial charge on any atom is -0.235 e. The number of hydrogen-bond acceptors (Lipinski definition) is 3. The van der Waals surface area contributed by atoms with Crippen LogP contribution < -0.4 is 0 Å². The number of nitrogens with zero attached hydrogens (tertiary/aromatic N) is 2. The van der Waals surface area contributed by atoms with E-state index in [0.717, 1.165) is 22.0 Å². The van der Waals surface area contributed by atoms with Gasteiger partial charge in [0.05, 0.1) is 5.69 Å². The molecule has 0 aliphatic heterocycles. The van der Waals surface area contributed by atoms with E-state index < -0.39 is 0 Å². The summed E-state index contributed by atoms with van der Waals surface area (Å²) < 4.78 is 0. The monoisotopic (exact) mass is 286 g/mol. The van der Waals surface area contributed by atoms with Crippen molar-refractivity contribution in [2.24, 2.45) is 0 Å². The van der Waals surface area contributed by atoms with Gasteiger partial charge in [0.15, 0.2) is 5.82 Å². The fraction of sp³-hybridized carbons (Fsp3) is 0.412. The first-order chi connectivity index (χ1) is 9.74. The first-order valence-electron chi connectivity index (χ1n) is 7.21. The summed E-state index contributed by atoms with van der Waals surface area (Å²) in [5.74, 6) is 0.820. The van der Waals surface area contributed by atoms with Crippen molar-refractivity contribution in [3.63, 3.8) is 0 Å². The predicted octanol–water partition coefficient (Wildman–Crippen LogP) is 4.91. The van der Waals surface area contributed by atoms with Crippen LogP contribution in [0.1, 0.15) is 37.4 Å². The highest BCUT2D eigenvalue weighted by Gasteiger charge is 2.05. The molecular formula is C17H22N2S. The molecule has 0 bridgehead atoms. The van der Waals surface area contributed by atoms with Gasteiger partial charge in [-0.05, 0) is 31.6 Å². The van der Waals surface area contributed by atoms with Gasteiger partial charge in [-0.2, -0.15) is 0 Å². The van der Waals surface area contributed by atoms with Gasteiger partial charge < -0.3 is 0 Å². The molecule has 2 rings (SSSR count). The number of benzene rings is 1. The van der Waals surface area contributed by atoms with Gasteiger partial charge in [0.25, 0.3) is 0 Å². The molecule has 106 valence electrons. The molecule has 2 nitrogen and oxygen atoms in total. The molecule has 0 N–H and O–H groups in total. The first-order valence-corrected chi connectivity index (χ1v) is 8.44. The minimum atomic E-state index is 0.820. The van der Waals surface area contributed by atoms with Crippen LogP contribution in [0.25, 0.3) is 11.4 Å². The maximum atomic E-state index is 4.59. The van der Waals surface area contributed by atoms with Crippen molar-refractivity contribution >= 4 is 11.8 Å². The maximum absolute atomic E-state index is 4.59. The molecule has 0 saturated carbocycles. The quantitative estimate of drug-likeness (QED) is 0.557. The van der Waals surface area contributed by atoms with Gasteiger partial charge in [0.1, 0.15) is 0 Å². The van der Waals surface area contributed by atoms with Gasteiger partial charge >= 0.3 is 0 Å². The Bertz CT molecular complexity index is 549. The van der Waals surface area contributed by atoms with Crippen LogP contribution in [0.2, 0.25) is 0 Å². The Kier molecular flexibility index (Phi) is 5.60. The lowest BCUT2D eigenvalue weighted by Crippen LogP contribution is -1.94. The van der Waals surface area contributed by atoms with E-state index in [9.17, 15) is 0 Å². The largest absolute Gasteiger partial charge is 0.235 e. The van der Waals surface area contributed by atoms with Crippen molar-refractivity contribution in [1.82, 2.24) is 9.97 Å². The van der Waals surface area contributed by atoms with E-state index >= 15 is 0 Å². The van der Waals surface area contributed by atoms with E-state index in [1.54, 1.807) is 11.8 Å². The smallest absolute Gasteiger partial charge is 0.159 e. The lowest BCUT2D eigenvalue weighted by atomic mass is 10.1. The lowest BCUT2D eigenvalue weighted by Gasteiger charge is -2.06. The predicted molar refractivity (Wildman–Crippen MR) is 87.2 cm³/mol. The van der Waals surface area contributed by atoms with Crippen molar-refractivity contribution in [1.29, 1.82) is 0 Å². The third kappa shape index (κ3) is 3.83. The molecule has 0 unspecified atom stereocenters. The van der Waals surface area contributed by atoms with Crippen LogP contribution in [0.4, 0.5) is 0 Å². The van der Waals surface area contributed by atoms with E-state index in [-0.39, 0.29) is 0 Å². The van der Waals surface area contributed by atoms with Gasteiger partial charge in [0.2, 0.25) is 0 Å². The molecule has 0 aliphatic rings. The number of aromatic nitrogens is 2. The van der Waals surface area contributed by atoms with Crippen molar-refractivity contribution in [2.75, 3.05) is 6.26 Å². The van der Waals surface area contributed by atoms with Gasteiger partial charge in [-0.3, -0.25) is 0 Å². The molecule has 0 fully saturated rings. The Hall–Kier alpha value is -1.35. The van der Waals surface area contributed by atoms with E-state index in [1.165, 1.54) is 31.2 Å². The Morgan fingerprint density at radius 2 is 1.85 bits per heavy atom. The number of hydrogen-bond donors (Lipinski definition) is 0. The second-order valence-corrected chi connectivity index (χ2v) is 5.85. The van der Waals surface area contributed by atoms with Crippen LogP contribution in [0.15, 0.2) is 35.4 Å². The standard InChI is InChI=1S/C17H22N2S/c1-4-5-6-7-14-8-10-15(11-9-14)17-18-12-16(20-3)13(2)19-17/h8-12H,4-7H2,1-3H3. The molecule has 0 aliphatic carbocycles. The Labute approximate surface area is 126 Å². The van der Waals surface area contributed by atoms with Crippen molar-refractivity contribution < 1.29 is 0 Å². The summed E-state index contributed by atoms with van der Waals surface area (Å²) in [6.07, 6.45) is 8.98. The summed E-state index contributed by atoms with van der Waals surface area (Å²) in [5, 5.41) is 0. The molecule has 2 aromatic rings. The number of unbranched alkanes of at least 4 members (excludes halogenated alkanes) is 2. The van der Waals surface area contributed by atoms with E-state index in [4.69, 9.17) is 0 Å². The fourth-order valence-electron chi connectivity index (χ4n) is 2.20. The zero-order valence-corrected chi connectivity index (χ0v) is 13.3. The zero-order chi connectivity index (χ0) is 14.4. The van der Waals surface area contributed by atoms with Crippen molar-refractivity contribution in [2.45, 2.75) is 44.4 Å². The SMILES string of the molecule is CCCCCc1ccc(-c2ncc(SC)c(C)n2)cc1. The Morgan fingerprint density at radius 1 is 1.10 bits per heavy atom. The summed E-state index contributed by atoms with van der Waals surface area (Å²) >= 11 is 1.69. The third-order valence-electron chi connectivity index (χ3n) is 3.44. The van der Waals surface area contributed by atoms with Gasteiger partial charge in [-0.15, -0.1) is 11.8 Å². The molecule has 1 aromatic carbocycles. The topological polar surface area (TPSA) is 25.8 Å². The first kappa shape index (κ1) is 15.0. The summed E-state index contributed by atoms with van der Waals surface area (Å²) in [5.41, 5.74) is 3.55. The molecule has 20 heavy (non-hydrogen) atoms. The summed E-state index contributed by atoms with van der Waals surface area (Å²) in [6, 6.07) is 8.67. The Balaban J connectivity index is 2.11. The lowest BCUT2D eigenvalue weighted by molar-refractivity contribution is 0.717. The molecule has 3 heteroatoms. The van der Waals surface area contributed by atoms with Gasteiger partial charge in [0, 0.05) is 16.7 Å². The summed E-state index contributed by atoms with van der Waals surface area (Å²) in [4.78, 5) is 10.2. The summed E-state index contributed by atoms with van der Waals surface area (Å²) in [7, 11) is 0. The van der Waals surface area contributed by atoms with E-state index in [1.807, 2.05) is 13.1 Å². The maximum Gasteiger partial charge on any atom is 0.159 e. The average Bonchev–Trinajstić information content (AvgIpc) is 2.48. The fourth-order valence-corrected chi connectivity index (χ4v) is 2.69. The third-order valence-corrected chi connectivity index (χ3v) is 4.28. The molecule has 1 heterocycles.